The molecule has 1 saturated carbocycles. The fraction of sp³-hybridized carbons (Fsp3) is 0.423. The lowest BCUT2D eigenvalue weighted by Crippen LogP contribution is -2.44. The highest BCUT2D eigenvalue weighted by molar-refractivity contribution is 5.88. The zero-order chi connectivity index (χ0) is 23.2. The summed E-state index contributed by atoms with van der Waals surface area (Å²) in [7, 11) is 2.17. The minimum Gasteiger partial charge on any atom is -0.380 e. The summed E-state index contributed by atoms with van der Waals surface area (Å²) in [6.45, 7) is 4.28. The lowest BCUT2D eigenvalue weighted by Gasteiger charge is -2.34. The number of benzene rings is 1. The third kappa shape index (κ3) is 3.81. The summed E-state index contributed by atoms with van der Waals surface area (Å²) in [5.41, 5.74) is 10.4. The largest absolute Gasteiger partial charge is 0.380 e. The molecule has 3 heterocycles. The zero-order valence-corrected chi connectivity index (χ0v) is 19.4. The molecule has 1 saturated heterocycles. The number of carbonyl (C=O) groups is 1. The van der Waals surface area contributed by atoms with Gasteiger partial charge in [-0.05, 0) is 61.6 Å². The number of hydrogen-bond acceptors (Lipinski definition) is 6. The summed E-state index contributed by atoms with van der Waals surface area (Å²) in [4.78, 5) is 29.2. The Labute approximate surface area is 199 Å². The van der Waals surface area contributed by atoms with Gasteiger partial charge in [0, 0.05) is 56.1 Å². The van der Waals surface area contributed by atoms with Crippen molar-refractivity contribution < 1.29 is 4.79 Å². The van der Waals surface area contributed by atoms with Gasteiger partial charge in [0.2, 0.25) is 5.91 Å². The van der Waals surface area contributed by atoms with E-state index in [4.69, 9.17) is 10.7 Å². The molecule has 8 heteroatoms. The van der Waals surface area contributed by atoms with Gasteiger partial charge in [0.05, 0.1) is 5.69 Å². The van der Waals surface area contributed by atoms with E-state index in [1.165, 1.54) is 5.69 Å². The first-order valence-corrected chi connectivity index (χ1v) is 12.2. The summed E-state index contributed by atoms with van der Waals surface area (Å²) < 4.78 is 0. The number of nitrogens with one attached hydrogen (secondary N) is 2. The summed E-state index contributed by atoms with van der Waals surface area (Å²) in [5, 5.41) is 3.71. The van der Waals surface area contributed by atoms with E-state index in [9.17, 15) is 4.79 Å². The van der Waals surface area contributed by atoms with Crippen molar-refractivity contribution in [3.63, 3.8) is 0 Å². The van der Waals surface area contributed by atoms with Gasteiger partial charge in [-0.1, -0.05) is 12.2 Å². The third-order valence-corrected chi connectivity index (χ3v) is 7.78. The van der Waals surface area contributed by atoms with Crippen LogP contribution in [0.4, 0.5) is 11.4 Å². The predicted molar refractivity (Wildman–Crippen MR) is 134 cm³/mol. The number of hydrogen-bond donors (Lipinski definition) is 3. The van der Waals surface area contributed by atoms with E-state index in [0.29, 0.717) is 23.9 Å². The average Bonchev–Trinajstić information content (AvgIpc) is 3.56. The van der Waals surface area contributed by atoms with Crippen LogP contribution in [0.5, 0.6) is 0 Å². The van der Waals surface area contributed by atoms with Crippen LogP contribution in [0.25, 0.3) is 22.6 Å². The van der Waals surface area contributed by atoms with Crippen LogP contribution in [-0.2, 0) is 4.79 Å². The third-order valence-electron chi connectivity index (χ3n) is 7.78. The Kier molecular flexibility index (Phi) is 5.25. The second kappa shape index (κ2) is 8.43. The van der Waals surface area contributed by atoms with E-state index in [1.54, 1.807) is 6.20 Å². The van der Waals surface area contributed by atoms with Crippen molar-refractivity contribution in [2.75, 3.05) is 43.4 Å². The molecule has 8 nitrogen and oxygen atoms in total. The quantitative estimate of drug-likeness (QED) is 0.492. The highest BCUT2D eigenvalue weighted by Crippen LogP contribution is 2.46. The Morgan fingerprint density at radius 2 is 1.88 bits per heavy atom. The van der Waals surface area contributed by atoms with Crippen molar-refractivity contribution >= 4 is 28.4 Å². The van der Waals surface area contributed by atoms with E-state index in [2.05, 4.69) is 68.5 Å². The number of piperazine rings is 1. The van der Waals surface area contributed by atoms with E-state index in [1.807, 2.05) is 6.07 Å². The van der Waals surface area contributed by atoms with Crippen LogP contribution in [0, 0.1) is 17.8 Å². The predicted octanol–water partition coefficient (Wildman–Crippen LogP) is 2.85. The number of aromatic amines is 1. The number of amides is 1. The Morgan fingerprint density at radius 1 is 1.12 bits per heavy atom. The smallest absolute Gasteiger partial charge is 0.217 e. The molecule has 4 unspecified atom stereocenters. The van der Waals surface area contributed by atoms with Gasteiger partial charge in [0.1, 0.15) is 11.3 Å². The number of carbonyl (C=O) groups excluding carboxylic acids is 1. The highest BCUT2D eigenvalue weighted by atomic mass is 16.1. The number of fused-ring (bicyclic) bond motifs is 3. The molecule has 3 aromatic rings. The fourth-order valence-electron chi connectivity index (χ4n) is 5.89. The highest BCUT2D eigenvalue weighted by Gasteiger charge is 2.45. The number of pyridine rings is 1. The summed E-state index contributed by atoms with van der Waals surface area (Å²) in [5.74, 6) is 1.63. The van der Waals surface area contributed by atoms with Crippen LogP contribution in [0.3, 0.4) is 0 Å². The number of rotatable bonds is 6. The molecule has 4 atom stereocenters. The SMILES string of the molecule is CN1CCN(c2ccc(-c3nc4nccc(NC5C6C=CC(C6)C5CC(N)=O)c4[nH]3)cc2)CC1. The summed E-state index contributed by atoms with van der Waals surface area (Å²) in [6.07, 6.45) is 7.80. The zero-order valence-electron chi connectivity index (χ0n) is 19.4. The van der Waals surface area contributed by atoms with Gasteiger partial charge in [-0.25, -0.2) is 9.97 Å². The number of aromatic nitrogens is 3. The van der Waals surface area contributed by atoms with Crippen LogP contribution in [0.15, 0.2) is 48.7 Å². The first-order valence-electron chi connectivity index (χ1n) is 12.2. The molecule has 2 fully saturated rings. The van der Waals surface area contributed by atoms with E-state index in [0.717, 1.165) is 55.2 Å². The van der Waals surface area contributed by atoms with Crippen molar-refractivity contribution in [2.45, 2.75) is 18.9 Å². The summed E-state index contributed by atoms with van der Waals surface area (Å²) in [6, 6.07) is 10.8. The monoisotopic (exact) mass is 457 g/mol. The van der Waals surface area contributed by atoms with Crippen LogP contribution >= 0.6 is 0 Å². The van der Waals surface area contributed by atoms with Gasteiger partial charge in [0.15, 0.2) is 5.65 Å². The van der Waals surface area contributed by atoms with Crippen molar-refractivity contribution in [1.82, 2.24) is 19.9 Å². The van der Waals surface area contributed by atoms with Crippen molar-refractivity contribution in [2.24, 2.45) is 23.5 Å². The maximum Gasteiger partial charge on any atom is 0.217 e. The number of allylic oxidation sites excluding steroid dienone is 1. The Bertz CT molecular complexity index is 1230. The number of nitrogens with two attached hydrogens (primary N) is 1. The van der Waals surface area contributed by atoms with Crippen LogP contribution in [-0.4, -0.2) is 65.0 Å². The van der Waals surface area contributed by atoms with Gasteiger partial charge in [-0.15, -0.1) is 0 Å². The molecule has 2 bridgehead atoms. The number of imidazole rings is 1. The molecule has 6 rings (SSSR count). The molecule has 2 aliphatic carbocycles. The molecular formula is C26H31N7O. The van der Waals surface area contributed by atoms with E-state index in [-0.39, 0.29) is 17.9 Å². The van der Waals surface area contributed by atoms with Gasteiger partial charge < -0.3 is 25.8 Å². The molecule has 1 aliphatic heterocycles. The molecule has 0 spiro atoms. The molecule has 4 N–H and O–H groups in total. The lowest BCUT2D eigenvalue weighted by molar-refractivity contribution is -0.119. The first-order chi connectivity index (χ1) is 16.5. The van der Waals surface area contributed by atoms with Gasteiger partial charge in [0.25, 0.3) is 0 Å². The minimum absolute atomic E-state index is 0.183. The molecule has 0 radical (unpaired) electrons. The average molecular weight is 458 g/mol. The molecule has 176 valence electrons. The maximum absolute atomic E-state index is 11.7. The van der Waals surface area contributed by atoms with Crippen LogP contribution < -0.4 is 16.0 Å². The van der Waals surface area contributed by atoms with Crippen molar-refractivity contribution in [1.29, 1.82) is 0 Å². The Hall–Kier alpha value is -3.39. The normalized spacial score (nSPS) is 26.4. The second-order valence-electron chi connectivity index (χ2n) is 9.93. The number of nitrogens with zero attached hydrogens (tertiary/aromatic N) is 4. The number of primary amides is 1. The van der Waals surface area contributed by atoms with E-state index < -0.39 is 0 Å². The number of likely N-dealkylation sites (N-methyl/N-ethyl adjacent to an activating group) is 1. The van der Waals surface area contributed by atoms with Crippen LogP contribution in [0.2, 0.25) is 0 Å². The van der Waals surface area contributed by atoms with E-state index >= 15 is 0 Å². The fourth-order valence-corrected chi connectivity index (χ4v) is 5.89. The van der Waals surface area contributed by atoms with Gasteiger partial charge in [-0.2, -0.15) is 0 Å². The topological polar surface area (TPSA) is 103 Å². The molecular weight excluding hydrogens is 426 g/mol. The molecule has 2 aromatic heterocycles. The number of anilines is 2. The molecule has 34 heavy (non-hydrogen) atoms. The molecule has 3 aliphatic rings. The molecule has 1 amide bonds. The first kappa shape index (κ1) is 21.2. The minimum atomic E-state index is -0.235. The lowest BCUT2D eigenvalue weighted by atomic mass is 9.86. The standard InChI is InChI=1S/C26H31N7O/c1-32-10-12-33(13-11-32)19-6-4-16(5-7-19)25-30-24-21(8-9-28-26(24)31-25)29-23-18-3-2-17(14-18)20(23)15-22(27)34/h2-9,17-18,20,23H,10-15H2,1H3,(H2,27,34)(H2,28,29,30,31). The maximum atomic E-state index is 11.7. The second-order valence-corrected chi connectivity index (χ2v) is 9.93. The van der Waals surface area contributed by atoms with Gasteiger partial charge in [-0.3, -0.25) is 4.79 Å². The van der Waals surface area contributed by atoms with Crippen LogP contribution in [0.1, 0.15) is 12.8 Å². The Morgan fingerprint density at radius 3 is 2.65 bits per heavy atom. The Balaban J connectivity index is 1.24. The van der Waals surface area contributed by atoms with Crippen molar-refractivity contribution in [3.05, 3.63) is 48.7 Å². The molecule has 1 aromatic carbocycles. The summed E-state index contributed by atoms with van der Waals surface area (Å²) >= 11 is 0. The van der Waals surface area contributed by atoms with Gasteiger partial charge >= 0.3 is 0 Å². The number of H-pyrrole nitrogens is 1. The van der Waals surface area contributed by atoms with Crippen molar-refractivity contribution in [3.8, 4) is 11.4 Å².